The molecule has 0 aliphatic heterocycles. The molecule has 1 aromatic heterocycles. The van der Waals surface area contributed by atoms with Crippen molar-refractivity contribution in [1.29, 1.82) is 5.26 Å². The van der Waals surface area contributed by atoms with Gasteiger partial charge in [-0.15, -0.1) is 11.3 Å². The van der Waals surface area contributed by atoms with Crippen molar-refractivity contribution < 1.29 is 4.92 Å². The molecule has 1 aromatic carbocycles. The highest BCUT2D eigenvalue weighted by Gasteiger charge is 2.17. The summed E-state index contributed by atoms with van der Waals surface area (Å²) in [5.74, 6) is 0. The van der Waals surface area contributed by atoms with Crippen LogP contribution >= 0.6 is 11.3 Å². The first kappa shape index (κ1) is 14.9. The molecule has 0 spiro atoms. The molecule has 6 nitrogen and oxygen atoms in total. The Hall–Kier alpha value is -2.46. The molecular weight excluding hydrogens is 288 g/mol. The first-order valence-electron chi connectivity index (χ1n) is 6.42. The molecule has 0 aliphatic rings. The molecule has 21 heavy (non-hydrogen) atoms. The van der Waals surface area contributed by atoms with E-state index in [1.807, 2.05) is 25.3 Å². The summed E-state index contributed by atoms with van der Waals surface area (Å²) in [5, 5.41) is 26.1. The van der Waals surface area contributed by atoms with Gasteiger partial charge in [0.1, 0.15) is 16.6 Å². The third-order valence-electron chi connectivity index (χ3n) is 3.00. The zero-order chi connectivity index (χ0) is 15.4. The van der Waals surface area contributed by atoms with Crippen molar-refractivity contribution in [1.82, 2.24) is 4.98 Å². The summed E-state index contributed by atoms with van der Waals surface area (Å²) in [6.45, 7) is 3.97. The highest BCUT2D eigenvalue weighted by atomic mass is 32.1. The molecule has 1 unspecified atom stereocenters. The minimum absolute atomic E-state index is 0.0247. The zero-order valence-electron chi connectivity index (χ0n) is 11.7. The Bertz CT molecular complexity index is 705. The van der Waals surface area contributed by atoms with Gasteiger partial charge in [-0.3, -0.25) is 10.1 Å². The lowest BCUT2D eigenvalue weighted by molar-refractivity contribution is -0.385. The molecular formula is C14H14N4O2S. The highest BCUT2D eigenvalue weighted by Crippen LogP contribution is 2.28. The number of nitrogens with one attached hydrogen (secondary N) is 1. The van der Waals surface area contributed by atoms with Gasteiger partial charge in [0.25, 0.3) is 5.69 Å². The number of hydrogen-bond donors (Lipinski definition) is 1. The number of nitrogens with zero attached hydrogens (tertiary/aromatic N) is 3. The maximum atomic E-state index is 10.8. The van der Waals surface area contributed by atoms with Crippen LogP contribution in [0, 0.1) is 28.4 Å². The third kappa shape index (κ3) is 3.35. The number of rotatable bonds is 5. The van der Waals surface area contributed by atoms with Crippen molar-refractivity contribution in [3.05, 3.63) is 50.0 Å². The number of aromatic nitrogens is 1. The molecule has 0 saturated heterocycles. The second kappa shape index (κ2) is 6.33. The van der Waals surface area contributed by atoms with Gasteiger partial charge in [-0.05, 0) is 25.5 Å². The summed E-state index contributed by atoms with van der Waals surface area (Å²) in [5.41, 5.74) is 1.52. The lowest BCUT2D eigenvalue weighted by atomic mass is 10.1. The molecule has 2 rings (SSSR count). The van der Waals surface area contributed by atoms with E-state index in [0.717, 1.165) is 17.1 Å². The quantitative estimate of drug-likeness (QED) is 0.670. The molecule has 7 heteroatoms. The summed E-state index contributed by atoms with van der Waals surface area (Å²) < 4.78 is 0. The summed E-state index contributed by atoms with van der Waals surface area (Å²) in [4.78, 5) is 14.7. The van der Waals surface area contributed by atoms with E-state index in [1.54, 1.807) is 17.4 Å². The van der Waals surface area contributed by atoms with Crippen molar-refractivity contribution >= 4 is 22.7 Å². The first-order valence-corrected chi connectivity index (χ1v) is 7.30. The van der Waals surface area contributed by atoms with Gasteiger partial charge in [-0.25, -0.2) is 4.98 Å². The normalized spacial score (nSPS) is 11.7. The number of nitriles is 1. The zero-order valence-corrected chi connectivity index (χ0v) is 12.5. The monoisotopic (exact) mass is 302 g/mol. The summed E-state index contributed by atoms with van der Waals surface area (Å²) >= 11 is 1.57. The van der Waals surface area contributed by atoms with Crippen LogP contribution in [0.25, 0.3) is 0 Å². The predicted molar refractivity (Wildman–Crippen MR) is 81.3 cm³/mol. The van der Waals surface area contributed by atoms with Crippen LogP contribution < -0.4 is 5.32 Å². The standard InChI is InChI=1S/C14H14N4O2S/c1-3-12(14-16-9(2)8-21-14)17-11-4-5-13(18(19)20)10(6-11)7-15/h4-6,8,12,17H,3H2,1-2H3. The Morgan fingerprint density at radius 2 is 2.33 bits per heavy atom. The topological polar surface area (TPSA) is 91.9 Å². The second-order valence-electron chi connectivity index (χ2n) is 4.53. The van der Waals surface area contributed by atoms with Crippen molar-refractivity contribution in [3.8, 4) is 6.07 Å². The number of benzene rings is 1. The second-order valence-corrected chi connectivity index (χ2v) is 5.42. The number of nitro benzene ring substituents is 1. The van der Waals surface area contributed by atoms with E-state index in [2.05, 4.69) is 10.3 Å². The molecule has 0 aliphatic carbocycles. The van der Waals surface area contributed by atoms with Gasteiger partial charge in [-0.2, -0.15) is 5.26 Å². The summed E-state index contributed by atoms with van der Waals surface area (Å²) in [7, 11) is 0. The van der Waals surface area contributed by atoms with Gasteiger partial charge < -0.3 is 5.32 Å². The van der Waals surface area contributed by atoms with E-state index >= 15 is 0 Å². The Labute approximate surface area is 126 Å². The third-order valence-corrected chi connectivity index (χ3v) is 4.07. The average molecular weight is 302 g/mol. The Morgan fingerprint density at radius 1 is 1.57 bits per heavy atom. The van der Waals surface area contributed by atoms with E-state index in [1.165, 1.54) is 12.1 Å². The first-order chi connectivity index (χ1) is 10.0. The van der Waals surface area contributed by atoms with Gasteiger partial charge in [0.15, 0.2) is 0 Å². The van der Waals surface area contributed by atoms with Crippen molar-refractivity contribution in [2.24, 2.45) is 0 Å². The lowest BCUT2D eigenvalue weighted by Crippen LogP contribution is -2.09. The van der Waals surface area contributed by atoms with Crippen LogP contribution in [0.2, 0.25) is 0 Å². The fraction of sp³-hybridized carbons (Fsp3) is 0.286. The van der Waals surface area contributed by atoms with Crippen molar-refractivity contribution in [2.45, 2.75) is 26.3 Å². The SMILES string of the molecule is CCC(Nc1ccc([N+](=O)[O-])c(C#N)c1)c1nc(C)cs1. The predicted octanol–water partition coefficient (Wildman–Crippen LogP) is 3.79. The minimum atomic E-state index is -0.552. The summed E-state index contributed by atoms with van der Waals surface area (Å²) in [6, 6.07) is 6.34. The van der Waals surface area contributed by atoms with Crippen molar-refractivity contribution in [2.75, 3.05) is 5.32 Å². The van der Waals surface area contributed by atoms with E-state index in [9.17, 15) is 10.1 Å². The largest absolute Gasteiger partial charge is 0.376 e. The van der Waals surface area contributed by atoms with E-state index in [4.69, 9.17) is 5.26 Å². The molecule has 108 valence electrons. The van der Waals surface area contributed by atoms with Gasteiger partial charge in [0.2, 0.25) is 0 Å². The fourth-order valence-electron chi connectivity index (χ4n) is 1.95. The van der Waals surface area contributed by atoms with Gasteiger partial charge in [-0.1, -0.05) is 6.92 Å². The van der Waals surface area contributed by atoms with Crippen molar-refractivity contribution in [3.63, 3.8) is 0 Å². The molecule has 1 N–H and O–H groups in total. The lowest BCUT2D eigenvalue weighted by Gasteiger charge is -2.16. The molecule has 0 radical (unpaired) electrons. The van der Waals surface area contributed by atoms with Crippen LogP contribution in [0.15, 0.2) is 23.6 Å². The Kier molecular flexibility index (Phi) is 4.50. The molecule has 0 amide bonds. The fourth-order valence-corrected chi connectivity index (χ4v) is 2.88. The van der Waals surface area contributed by atoms with Crippen LogP contribution in [-0.4, -0.2) is 9.91 Å². The Balaban J connectivity index is 2.26. The van der Waals surface area contributed by atoms with E-state index in [-0.39, 0.29) is 17.3 Å². The van der Waals surface area contributed by atoms with Crippen LogP contribution in [0.4, 0.5) is 11.4 Å². The molecule has 0 fully saturated rings. The minimum Gasteiger partial charge on any atom is -0.376 e. The molecule has 0 saturated carbocycles. The number of aryl methyl sites for hydroxylation is 1. The van der Waals surface area contributed by atoms with Gasteiger partial charge in [0.05, 0.1) is 11.0 Å². The van der Waals surface area contributed by atoms with Gasteiger partial charge in [0, 0.05) is 22.8 Å². The van der Waals surface area contributed by atoms with Crippen LogP contribution in [-0.2, 0) is 0 Å². The molecule has 1 heterocycles. The number of hydrogen-bond acceptors (Lipinski definition) is 6. The number of anilines is 1. The highest BCUT2D eigenvalue weighted by molar-refractivity contribution is 7.09. The average Bonchev–Trinajstić information content (AvgIpc) is 2.90. The maximum Gasteiger partial charge on any atom is 0.287 e. The van der Waals surface area contributed by atoms with E-state index in [0.29, 0.717) is 5.69 Å². The number of thiazole rings is 1. The van der Waals surface area contributed by atoms with Crippen LogP contribution in [0.1, 0.15) is 35.7 Å². The van der Waals surface area contributed by atoms with E-state index < -0.39 is 4.92 Å². The van der Waals surface area contributed by atoms with Crippen LogP contribution in [0.3, 0.4) is 0 Å². The smallest absolute Gasteiger partial charge is 0.287 e. The maximum absolute atomic E-state index is 10.8. The van der Waals surface area contributed by atoms with Crippen LogP contribution in [0.5, 0.6) is 0 Å². The Morgan fingerprint density at radius 3 is 2.86 bits per heavy atom. The number of nitro groups is 1. The molecule has 2 aromatic rings. The summed E-state index contributed by atoms with van der Waals surface area (Å²) in [6.07, 6.45) is 0.825. The van der Waals surface area contributed by atoms with Gasteiger partial charge >= 0.3 is 0 Å². The molecule has 0 bridgehead atoms. The molecule has 1 atom stereocenters.